The van der Waals surface area contributed by atoms with Gasteiger partial charge in [-0.2, -0.15) is 0 Å². The Morgan fingerprint density at radius 1 is 1.24 bits per heavy atom. The standard InChI is InChI=1S/C27H40N2O4S/c1-16-9-8-10-17(2)25(32)19(4)26(33)27(6,7)23(30)13-24(31)28-14-21(11-16)18(3)12-22-15-34-20(5)29-22/h8-9,11-12,15,17,19,21,23,25,30,32H,10,13-14H2,1-7H3,(H,28,31)/b9-8-,16-11+,18-12?/t17-,19+,21?,23-,25-/m0/s1. The maximum Gasteiger partial charge on any atom is 0.222 e. The first kappa shape index (κ1) is 28.1. The van der Waals surface area contributed by atoms with Crippen molar-refractivity contribution in [3.05, 3.63) is 45.5 Å². The zero-order chi connectivity index (χ0) is 25.6. The number of aliphatic hydroxyl groups is 2. The minimum atomic E-state index is -1.15. The van der Waals surface area contributed by atoms with Crippen LogP contribution in [0.25, 0.3) is 6.08 Å². The Hall–Kier alpha value is -2.09. The molecule has 5 atom stereocenters. The molecule has 0 aliphatic carbocycles. The smallest absolute Gasteiger partial charge is 0.222 e. The van der Waals surface area contributed by atoms with Gasteiger partial charge < -0.3 is 15.5 Å². The van der Waals surface area contributed by atoms with Crippen LogP contribution in [0.1, 0.15) is 65.1 Å². The molecule has 0 saturated carbocycles. The predicted octanol–water partition coefficient (Wildman–Crippen LogP) is 4.47. The molecule has 1 aliphatic heterocycles. The van der Waals surface area contributed by atoms with E-state index in [9.17, 15) is 19.8 Å². The van der Waals surface area contributed by atoms with Gasteiger partial charge in [-0.3, -0.25) is 9.59 Å². The molecule has 1 unspecified atom stereocenters. The van der Waals surface area contributed by atoms with E-state index in [-0.39, 0.29) is 29.9 Å². The lowest BCUT2D eigenvalue weighted by atomic mass is 9.73. The number of allylic oxidation sites excluding steroid dienone is 3. The summed E-state index contributed by atoms with van der Waals surface area (Å²) in [5.41, 5.74) is 1.85. The van der Waals surface area contributed by atoms with Crippen LogP contribution in [0.2, 0.25) is 0 Å². The molecule has 1 aromatic heterocycles. The maximum absolute atomic E-state index is 13.1. The fourth-order valence-electron chi connectivity index (χ4n) is 4.24. The van der Waals surface area contributed by atoms with Gasteiger partial charge in [-0.25, -0.2) is 4.98 Å². The second-order valence-electron chi connectivity index (χ2n) is 10.2. The van der Waals surface area contributed by atoms with Gasteiger partial charge in [0.05, 0.1) is 34.7 Å². The van der Waals surface area contributed by atoms with E-state index in [2.05, 4.69) is 16.4 Å². The Bertz CT molecular complexity index is 960. The summed E-state index contributed by atoms with van der Waals surface area (Å²) in [4.78, 5) is 30.3. The lowest BCUT2D eigenvalue weighted by Crippen LogP contribution is -2.46. The van der Waals surface area contributed by atoms with Gasteiger partial charge in [0.2, 0.25) is 5.91 Å². The number of ketones is 1. The molecular weight excluding hydrogens is 448 g/mol. The number of aryl methyl sites for hydroxylation is 1. The topological polar surface area (TPSA) is 99.5 Å². The Balaban J connectivity index is 2.37. The van der Waals surface area contributed by atoms with Crippen molar-refractivity contribution in [1.82, 2.24) is 10.3 Å². The molecule has 2 rings (SSSR count). The number of carbonyl (C=O) groups excluding carboxylic acids is 2. The summed E-state index contributed by atoms with van der Waals surface area (Å²) < 4.78 is 0. The lowest BCUT2D eigenvalue weighted by molar-refractivity contribution is -0.143. The molecule has 0 aromatic carbocycles. The van der Waals surface area contributed by atoms with Crippen LogP contribution in [0.3, 0.4) is 0 Å². The van der Waals surface area contributed by atoms with Gasteiger partial charge in [0.25, 0.3) is 0 Å². The molecule has 2 heterocycles. The molecular formula is C27H40N2O4S. The quantitative estimate of drug-likeness (QED) is 0.570. The zero-order valence-corrected chi connectivity index (χ0v) is 22.3. The van der Waals surface area contributed by atoms with Crippen molar-refractivity contribution in [3.8, 4) is 0 Å². The second kappa shape index (κ2) is 12.0. The van der Waals surface area contributed by atoms with Crippen molar-refractivity contribution in [1.29, 1.82) is 0 Å². The third-order valence-corrected chi connectivity index (χ3v) is 7.62. The van der Waals surface area contributed by atoms with Crippen molar-refractivity contribution < 1.29 is 19.8 Å². The first-order valence-electron chi connectivity index (χ1n) is 11.9. The number of amides is 1. The first-order chi connectivity index (χ1) is 15.8. The Morgan fingerprint density at radius 2 is 1.91 bits per heavy atom. The molecule has 0 spiro atoms. The number of hydrogen-bond donors (Lipinski definition) is 3. The molecule has 0 bridgehead atoms. The SMILES string of the molecule is CC(=Cc1csc(C)n1)C1/C=C(C)/C=C\C[C@H](C)[C@H](O)[C@@H](C)C(=O)C(C)(C)[C@@H](O)CC(=O)NC1. The molecule has 188 valence electrons. The number of aliphatic hydroxyl groups excluding tert-OH is 2. The number of carbonyl (C=O) groups is 2. The summed E-state index contributed by atoms with van der Waals surface area (Å²) in [7, 11) is 0. The monoisotopic (exact) mass is 488 g/mol. The van der Waals surface area contributed by atoms with Crippen LogP contribution in [-0.2, 0) is 9.59 Å². The van der Waals surface area contributed by atoms with Gasteiger partial charge in [0, 0.05) is 23.8 Å². The highest BCUT2D eigenvalue weighted by molar-refractivity contribution is 7.09. The molecule has 0 fully saturated rings. The van der Waals surface area contributed by atoms with Crippen molar-refractivity contribution in [3.63, 3.8) is 0 Å². The zero-order valence-electron chi connectivity index (χ0n) is 21.5. The van der Waals surface area contributed by atoms with Gasteiger partial charge in [-0.05, 0) is 39.2 Å². The normalized spacial score (nSPS) is 32.6. The molecule has 0 radical (unpaired) electrons. The number of aromatic nitrogens is 1. The fourth-order valence-corrected chi connectivity index (χ4v) is 4.81. The molecule has 1 aromatic rings. The highest BCUT2D eigenvalue weighted by atomic mass is 32.1. The summed E-state index contributed by atoms with van der Waals surface area (Å²) in [6, 6.07) is 0. The lowest BCUT2D eigenvalue weighted by Gasteiger charge is -2.34. The Morgan fingerprint density at radius 3 is 2.53 bits per heavy atom. The third-order valence-electron chi connectivity index (χ3n) is 6.82. The fraction of sp³-hybridized carbons (Fsp3) is 0.593. The summed E-state index contributed by atoms with van der Waals surface area (Å²) in [6.07, 6.45) is 6.63. The average Bonchev–Trinajstić information content (AvgIpc) is 3.18. The minimum Gasteiger partial charge on any atom is -0.392 e. The van der Waals surface area contributed by atoms with Crippen LogP contribution in [-0.4, -0.2) is 45.6 Å². The van der Waals surface area contributed by atoms with Crippen molar-refractivity contribution >= 4 is 29.1 Å². The highest BCUT2D eigenvalue weighted by Gasteiger charge is 2.41. The van der Waals surface area contributed by atoms with E-state index >= 15 is 0 Å². The van der Waals surface area contributed by atoms with E-state index in [0.717, 1.165) is 21.8 Å². The number of nitrogens with zero attached hydrogens (tertiary/aromatic N) is 1. The molecule has 7 heteroatoms. The van der Waals surface area contributed by atoms with Crippen molar-refractivity contribution in [2.45, 2.75) is 73.5 Å². The summed E-state index contributed by atoms with van der Waals surface area (Å²) >= 11 is 1.59. The van der Waals surface area contributed by atoms with Crippen molar-refractivity contribution in [2.75, 3.05) is 6.54 Å². The minimum absolute atomic E-state index is 0.0571. The van der Waals surface area contributed by atoms with Gasteiger partial charge in [-0.1, -0.05) is 57.1 Å². The number of thiazole rings is 1. The molecule has 34 heavy (non-hydrogen) atoms. The molecule has 3 N–H and O–H groups in total. The summed E-state index contributed by atoms with van der Waals surface area (Å²) in [6.45, 7) is 13.3. The van der Waals surface area contributed by atoms with Gasteiger partial charge in [-0.15, -0.1) is 11.3 Å². The van der Waals surface area contributed by atoms with Gasteiger partial charge in [0.1, 0.15) is 5.78 Å². The number of hydrogen-bond acceptors (Lipinski definition) is 6. The van der Waals surface area contributed by atoms with E-state index in [1.165, 1.54) is 0 Å². The first-order valence-corrected chi connectivity index (χ1v) is 12.8. The number of Topliss-reactive ketones (excluding diaryl/α,β-unsaturated/α-hetero) is 1. The van der Waals surface area contributed by atoms with E-state index in [1.807, 2.05) is 51.3 Å². The van der Waals surface area contributed by atoms with Crippen LogP contribution in [0, 0.1) is 30.1 Å². The highest BCUT2D eigenvalue weighted by Crippen LogP contribution is 2.31. The summed E-state index contributed by atoms with van der Waals surface area (Å²) in [5, 5.41) is 27.5. The van der Waals surface area contributed by atoms with Gasteiger partial charge >= 0.3 is 0 Å². The Kier molecular flexibility index (Phi) is 9.97. The van der Waals surface area contributed by atoms with E-state index in [0.29, 0.717) is 13.0 Å². The molecule has 6 nitrogen and oxygen atoms in total. The number of rotatable bonds is 2. The van der Waals surface area contributed by atoms with Crippen LogP contribution in [0.15, 0.2) is 34.8 Å². The predicted molar refractivity (Wildman–Crippen MR) is 138 cm³/mol. The second-order valence-corrected chi connectivity index (χ2v) is 11.3. The number of nitrogens with one attached hydrogen (secondary N) is 1. The van der Waals surface area contributed by atoms with Crippen LogP contribution >= 0.6 is 11.3 Å². The maximum atomic E-state index is 13.1. The van der Waals surface area contributed by atoms with Crippen LogP contribution in [0.4, 0.5) is 0 Å². The van der Waals surface area contributed by atoms with Crippen LogP contribution < -0.4 is 5.32 Å². The average molecular weight is 489 g/mol. The van der Waals surface area contributed by atoms with Crippen molar-refractivity contribution in [2.24, 2.45) is 23.2 Å². The Labute approximate surface area is 207 Å². The van der Waals surface area contributed by atoms with E-state index < -0.39 is 23.5 Å². The largest absolute Gasteiger partial charge is 0.392 e. The molecule has 1 aliphatic rings. The van der Waals surface area contributed by atoms with E-state index in [4.69, 9.17) is 0 Å². The van der Waals surface area contributed by atoms with E-state index in [1.54, 1.807) is 32.1 Å². The molecule has 1 amide bonds. The molecule has 0 saturated heterocycles. The third kappa shape index (κ3) is 7.45. The summed E-state index contributed by atoms with van der Waals surface area (Å²) in [5.74, 6) is -1.39. The van der Waals surface area contributed by atoms with Gasteiger partial charge in [0.15, 0.2) is 0 Å². The van der Waals surface area contributed by atoms with Crippen LogP contribution in [0.5, 0.6) is 0 Å².